The van der Waals surface area contributed by atoms with Crippen molar-refractivity contribution in [3.8, 4) is 5.75 Å². The van der Waals surface area contributed by atoms with E-state index in [0.717, 1.165) is 17.3 Å². The standard InChI is InChI=1S/C20H17N3O4S/c1-23-17(21-15-5-3-2-4-14(15)19(23)25)11-27-13-8-6-12(7-9-13)10-16-18(24)22-20(26)28-16/h2-9,16H,10-11H2,1H3,(H,22,24,26). The number of carbonyl (C=O) groups excluding carboxylic acids is 2. The lowest BCUT2D eigenvalue weighted by Crippen LogP contribution is -2.25. The SMILES string of the molecule is Cn1c(COc2ccc(CC3SC(=O)NC3=O)cc2)nc2ccccc2c1=O. The van der Waals surface area contributed by atoms with E-state index in [0.29, 0.717) is 28.9 Å². The lowest BCUT2D eigenvalue weighted by atomic mass is 10.1. The topological polar surface area (TPSA) is 90.3 Å². The third-order valence-electron chi connectivity index (χ3n) is 4.56. The number of aromatic nitrogens is 2. The number of nitrogens with one attached hydrogen (secondary N) is 1. The Morgan fingerprint density at radius 2 is 1.86 bits per heavy atom. The molecule has 8 heteroatoms. The fourth-order valence-corrected chi connectivity index (χ4v) is 3.86. The zero-order valence-electron chi connectivity index (χ0n) is 15.0. The minimum Gasteiger partial charge on any atom is -0.486 e. The molecule has 1 unspecified atom stereocenters. The number of thioether (sulfide) groups is 1. The number of ether oxygens (including phenoxy) is 1. The Labute approximate surface area is 164 Å². The Balaban J connectivity index is 1.45. The van der Waals surface area contributed by atoms with Crippen LogP contribution in [0.3, 0.4) is 0 Å². The molecule has 28 heavy (non-hydrogen) atoms. The molecule has 2 aromatic carbocycles. The van der Waals surface area contributed by atoms with E-state index in [1.807, 2.05) is 24.3 Å². The first kappa shape index (κ1) is 18.2. The number of hydrogen-bond donors (Lipinski definition) is 1. The van der Waals surface area contributed by atoms with Crippen molar-refractivity contribution in [2.24, 2.45) is 7.05 Å². The number of imide groups is 1. The molecule has 2 amide bonds. The summed E-state index contributed by atoms with van der Waals surface area (Å²) in [7, 11) is 1.68. The van der Waals surface area contributed by atoms with Crippen molar-refractivity contribution in [1.82, 2.24) is 14.9 Å². The zero-order valence-corrected chi connectivity index (χ0v) is 15.9. The number of fused-ring (bicyclic) bond motifs is 1. The van der Waals surface area contributed by atoms with Gasteiger partial charge >= 0.3 is 0 Å². The number of carbonyl (C=O) groups is 2. The highest BCUT2D eigenvalue weighted by Gasteiger charge is 2.31. The Kier molecular flexibility index (Phi) is 4.87. The second-order valence-corrected chi connectivity index (χ2v) is 7.60. The van der Waals surface area contributed by atoms with E-state index in [2.05, 4.69) is 10.3 Å². The van der Waals surface area contributed by atoms with Gasteiger partial charge in [0.1, 0.15) is 18.2 Å². The van der Waals surface area contributed by atoms with E-state index in [9.17, 15) is 14.4 Å². The molecule has 2 heterocycles. The molecule has 1 aliphatic heterocycles. The number of nitrogens with zero attached hydrogens (tertiary/aromatic N) is 2. The summed E-state index contributed by atoms with van der Waals surface area (Å²) in [5, 5.41) is 2.16. The average Bonchev–Trinajstić information content (AvgIpc) is 3.01. The van der Waals surface area contributed by atoms with Gasteiger partial charge in [-0.1, -0.05) is 36.0 Å². The van der Waals surface area contributed by atoms with E-state index in [-0.39, 0.29) is 23.3 Å². The Hall–Kier alpha value is -3.13. The van der Waals surface area contributed by atoms with Gasteiger partial charge in [-0.3, -0.25) is 24.3 Å². The van der Waals surface area contributed by atoms with Crippen molar-refractivity contribution in [2.75, 3.05) is 0 Å². The third-order valence-corrected chi connectivity index (χ3v) is 5.54. The molecule has 0 radical (unpaired) electrons. The van der Waals surface area contributed by atoms with Crippen molar-refractivity contribution in [3.63, 3.8) is 0 Å². The van der Waals surface area contributed by atoms with Gasteiger partial charge in [-0.05, 0) is 36.2 Å². The Bertz CT molecular complexity index is 1120. The molecule has 1 fully saturated rings. The van der Waals surface area contributed by atoms with Crippen LogP contribution in [0.5, 0.6) is 5.75 Å². The summed E-state index contributed by atoms with van der Waals surface area (Å²) < 4.78 is 7.27. The van der Waals surface area contributed by atoms with Crippen molar-refractivity contribution >= 4 is 33.8 Å². The van der Waals surface area contributed by atoms with E-state index < -0.39 is 5.25 Å². The first-order valence-electron chi connectivity index (χ1n) is 8.69. The van der Waals surface area contributed by atoms with Gasteiger partial charge in [-0.15, -0.1) is 0 Å². The predicted molar refractivity (Wildman–Crippen MR) is 106 cm³/mol. The van der Waals surface area contributed by atoms with Gasteiger partial charge < -0.3 is 4.74 Å². The van der Waals surface area contributed by atoms with Crippen molar-refractivity contribution in [3.05, 3.63) is 70.3 Å². The van der Waals surface area contributed by atoms with Gasteiger partial charge in [0.15, 0.2) is 0 Å². The quantitative estimate of drug-likeness (QED) is 0.714. The largest absolute Gasteiger partial charge is 0.486 e. The molecule has 0 spiro atoms. The fourth-order valence-electron chi connectivity index (χ4n) is 3.00. The third kappa shape index (κ3) is 3.63. The summed E-state index contributed by atoms with van der Waals surface area (Å²) >= 11 is 1.01. The van der Waals surface area contributed by atoms with Crippen LogP contribution in [0, 0.1) is 0 Å². The van der Waals surface area contributed by atoms with E-state index in [4.69, 9.17) is 4.74 Å². The molecule has 1 aliphatic rings. The fraction of sp³-hybridized carbons (Fsp3) is 0.200. The summed E-state index contributed by atoms with van der Waals surface area (Å²) in [4.78, 5) is 39.8. The van der Waals surface area contributed by atoms with Crippen LogP contribution in [0.25, 0.3) is 10.9 Å². The number of benzene rings is 2. The van der Waals surface area contributed by atoms with Crippen LogP contribution in [0.15, 0.2) is 53.3 Å². The highest BCUT2D eigenvalue weighted by molar-refractivity contribution is 8.15. The molecule has 0 aliphatic carbocycles. The molecule has 7 nitrogen and oxygen atoms in total. The molecule has 1 atom stereocenters. The summed E-state index contributed by atoms with van der Waals surface area (Å²) in [6.45, 7) is 0.158. The summed E-state index contributed by atoms with van der Waals surface area (Å²) in [5.74, 6) is 0.912. The normalized spacial score (nSPS) is 16.4. The van der Waals surface area contributed by atoms with Gasteiger partial charge in [0.2, 0.25) is 5.91 Å². The van der Waals surface area contributed by atoms with Crippen molar-refractivity contribution in [2.45, 2.75) is 18.3 Å². The van der Waals surface area contributed by atoms with E-state index in [1.165, 1.54) is 4.57 Å². The van der Waals surface area contributed by atoms with E-state index >= 15 is 0 Å². The van der Waals surface area contributed by atoms with Crippen LogP contribution in [-0.2, 0) is 24.9 Å². The smallest absolute Gasteiger partial charge is 0.286 e. The molecule has 0 saturated carbocycles. The molecule has 3 aromatic rings. The number of rotatable bonds is 5. The molecular formula is C20H17N3O4S. The summed E-state index contributed by atoms with van der Waals surface area (Å²) in [6.07, 6.45) is 0.475. The molecule has 1 N–H and O–H groups in total. The number of hydrogen-bond acceptors (Lipinski definition) is 6. The molecule has 4 rings (SSSR count). The Morgan fingerprint density at radius 1 is 1.11 bits per heavy atom. The van der Waals surface area contributed by atoms with Gasteiger partial charge in [0, 0.05) is 7.05 Å². The second-order valence-electron chi connectivity index (χ2n) is 6.43. The summed E-state index contributed by atoms with van der Waals surface area (Å²) in [6, 6.07) is 14.5. The average molecular weight is 395 g/mol. The minimum absolute atomic E-state index is 0.110. The summed E-state index contributed by atoms with van der Waals surface area (Å²) in [5.41, 5.74) is 1.47. The van der Waals surface area contributed by atoms with Crippen LogP contribution in [0.4, 0.5) is 4.79 Å². The molecule has 1 aromatic heterocycles. The van der Waals surface area contributed by atoms with Gasteiger partial charge in [0.05, 0.1) is 16.2 Å². The van der Waals surface area contributed by atoms with Gasteiger partial charge in [-0.2, -0.15) is 0 Å². The van der Waals surface area contributed by atoms with Crippen LogP contribution in [0.1, 0.15) is 11.4 Å². The molecule has 1 saturated heterocycles. The highest BCUT2D eigenvalue weighted by atomic mass is 32.2. The van der Waals surface area contributed by atoms with Crippen molar-refractivity contribution < 1.29 is 14.3 Å². The first-order chi connectivity index (χ1) is 13.5. The maximum atomic E-state index is 12.4. The minimum atomic E-state index is -0.393. The van der Waals surface area contributed by atoms with E-state index in [1.54, 1.807) is 31.3 Å². The van der Waals surface area contributed by atoms with Crippen LogP contribution >= 0.6 is 11.8 Å². The molecular weight excluding hydrogens is 378 g/mol. The maximum absolute atomic E-state index is 12.4. The predicted octanol–water partition coefficient (Wildman–Crippen LogP) is 2.41. The lowest BCUT2D eigenvalue weighted by molar-refractivity contribution is -0.118. The first-order valence-corrected chi connectivity index (χ1v) is 9.57. The second kappa shape index (κ2) is 7.47. The highest BCUT2D eigenvalue weighted by Crippen LogP contribution is 2.24. The maximum Gasteiger partial charge on any atom is 0.286 e. The number of amides is 2. The molecule has 0 bridgehead atoms. The van der Waals surface area contributed by atoms with Crippen molar-refractivity contribution in [1.29, 1.82) is 0 Å². The van der Waals surface area contributed by atoms with Crippen LogP contribution in [-0.4, -0.2) is 25.9 Å². The monoisotopic (exact) mass is 395 g/mol. The Morgan fingerprint density at radius 3 is 2.57 bits per heavy atom. The zero-order chi connectivity index (χ0) is 19.7. The van der Waals surface area contributed by atoms with Gasteiger partial charge in [-0.25, -0.2) is 4.98 Å². The number of para-hydroxylation sites is 1. The molecule has 142 valence electrons. The van der Waals surface area contributed by atoms with Crippen LogP contribution in [0.2, 0.25) is 0 Å². The van der Waals surface area contributed by atoms with Crippen LogP contribution < -0.4 is 15.6 Å². The lowest BCUT2D eigenvalue weighted by Gasteiger charge is -2.11. The van der Waals surface area contributed by atoms with Gasteiger partial charge in [0.25, 0.3) is 10.8 Å².